The second-order valence-corrected chi connectivity index (χ2v) is 13.4. The van der Waals surface area contributed by atoms with Crippen LogP contribution in [-0.2, 0) is 39.0 Å². The summed E-state index contributed by atoms with van der Waals surface area (Å²) in [5.74, 6) is 0.341. The predicted molar refractivity (Wildman–Crippen MR) is 155 cm³/mol. The van der Waals surface area contributed by atoms with Gasteiger partial charge in [0.15, 0.2) is 23.0 Å². The zero-order valence-electron chi connectivity index (χ0n) is 21.5. The molecular formula is C21H25N9O8P2S2. The molecule has 0 bridgehead atoms. The van der Waals surface area contributed by atoms with Crippen molar-refractivity contribution in [1.29, 1.82) is 0 Å². The fraction of sp³-hybridized carbons (Fsp3) is 0.476. The second-order valence-electron chi connectivity index (χ2n) is 9.56. The summed E-state index contributed by atoms with van der Waals surface area (Å²) in [6.45, 7) is -4.05. The summed E-state index contributed by atoms with van der Waals surface area (Å²) in [7, 11) is 0.0921. The van der Waals surface area contributed by atoms with E-state index >= 15 is 0 Å². The number of imidazole rings is 2. The van der Waals surface area contributed by atoms with Crippen LogP contribution in [0.15, 0.2) is 23.6 Å². The molecule has 4 aromatic heterocycles. The van der Waals surface area contributed by atoms with Gasteiger partial charge >= 0.3 is 6.80 Å². The van der Waals surface area contributed by atoms with Crippen LogP contribution in [0.25, 0.3) is 22.3 Å². The first-order valence-corrected chi connectivity index (χ1v) is 17.5. The average molecular weight is 658 g/mol. The minimum Gasteiger partial charge on any atom is -0.465 e. The molecule has 1 saturated carbocycles. The number of ether oxygens (including phenoxy) is 2. The molecule has 2 fully saturated rings. The third-order valence-corrected chi connectivity index (χ3v) is 9.31. The van der Waals surface area contributed by atoms with Gasteiger partial charge in [0.05, 0.1) is 32.7 Å². The van der Waals surface area contributed by atoms with E-state index in [0.717, 1.165) is 12.8 Å². The van der Waals surface area contributed by atoms with Gasteiger partial charge in [-0.15, -0.1) is 12.2 Å². The molecule has 17 nitrogen and oxygen atoms in total. The molecule has 0 spiro atoms. The maximum atomic E-state index is 13.5. The Bertz CT molecular complexity index is 1710. The third-order valence-electron chi connectivity index (χ3n) is 6.93. The van der Waals surface area contributed by atoms with E-state index in [4.69, 9.17) is 28.8 Å². The van der Waals surface area contributed by atoms with Crippen LogP contribution < -0.4 is 11.3 Å². The molecule has 42 heavy (non-hydrogen) atoms. The maximum Gasteiger partial charge on any atom is 0.386 e. The van der Waals surface area contributed by atoms with Gasteiger partial charge in [0.1, 0.15) is 37.0 Å². The highest BCUT2D eigenvalue weighted by atomic mass is 32.7. The summed E-state index contributed by atoms with van der Waals surface area (Å²) in [4.78, 5) is 46.7. The first-order chi connectivity index (χ1) is 20.3. The number of carbonyl (C=O) groups excluding carboxylic acids is 1. The first-order valence-electron chi connectivity index (χ1n) is 12.6. The standard InChI is InChI=1S/C21H25N9O8P2S2/c22-21-27-18-16(19(32)28-21)25-8-29(18)20-14(3-12(36-20)5-34-9-31)38-40(33,42)35-6-15-26-13-4-23-7-24-17(13)30(15)10-1-11(2-10)37-39-41/h4,7-12,14,20,39,41H,1-3,5-6H2,(H,33,42)(H3,22,27,28,32)/t10-,11+,12-,14+,20+,40?/m0/s1. The Balaban J connectivity index is 1.22. The Morgan fingerprint density at radius 3 is 2.88 bits per heavy atom. The number of fused-ring (bicyclic) bond motifs is 2. The lowest BCUT2D eigenvalue weighted by atomic mass is 9.89. The Hall–Kier alpha value is -2.63. The molecule has 1 aliphatic carbocycles. The van der Waals surface area contributed by atoms with Crippen molar-refractivity contribution in [3.8, 4) is 0 Å². The molecule has 2 aliphatic rings. The number of nitrogen functional groups attached to an aromatic ring is 1. The highest BCUT2D eigenvalue weighted by Crippen LogP contribution is 2.57. The van der Waals surface area contributed by atoms with Crippen molar-refractivity contribution in [1.82, 2.24) is 39.0 Å². The highest BCUT2D eigenvalue weighted by Gasteiger charge is 2.43. The number of hydrogen-bond acceptors (Lipinski definition) is 15. The summed E-state index contributed by atoms with van der Waals surface area (Å²) in [6, 6.07) is 0.0437. The van der Waals surface area contributed by atoms with Gasteiger partial charge in [-0.2, -0.15) is 4.98 Å². The van der Waals surface area contributed by atoms with Crippen molar-refractivity contribution in [2.45, 2.75) is 56.5 Å². The Morgan fingerprint density at radius 2 is 2.10 bits per heavy atom. The molecule has 0 aromatic carbocycles. The second kappa shape index (κ2) is 12.2. The summed E-state index contributed by atoms with van der Waals surface area (Å²) in [5.41, 5.74) is 6.51. The minimum atomic E-state index is -4.05. The molecule has 4 aromatic rings. The van der Waals surface area contributed by atoms with Gasteiger partial charge in [-0.05, 0) is 12.8 Å². The van der Waals surface area contributed by atoms with E-state index in [1.807, 2.05) is 4.57 Å². The third kappa shape index (κ3) is 5.92. The zero-order chi connectivity index (χ0) is 29.4. The number of anilines is 1. The summed E-state index contributed by atoms with van der Waals surface area (Å²) < 4.78 is 45.0. The number of nitrogens with zero attached hydrogens (tertiary/aromatic N) is 7. The lowest BCUT2D eigenvalue weighted by Gasteiger charge is -2.36. The Morgan fingerprint density at radius 1 is 1.26 bits per heavy atom. The molecule has 6 rings (SSSR count). The fourth-order valence-electron chi connectivity index (χ4n) is 5.08. The SMILES string of the molecule is Nc1nc2c(ncn2[C@@H]2O[C@H](COC=O)C[C@H]2OP(=O)(S)OCc2nc3cncnc3n2[C@H]2C[C@@H](OPS)C2)c(=O)[nH]1. The van der Waals surface area contributed by atoms with Crippen LogP contribution in [0.3, 0.4) is 0 Å². The number of aromatic nitrogens is 8. The van der Waals surface area contributed by atoms with Gasteiger partial charge in [-0.25, -0.2) is 24.5 Å². The van der Waals surface area contributed by atoms with E-state index in [2.05, 4.69) is 54.4 Å². The van der Waals surface area contributed by atoms with Crippen LogP contribution in [0.4, 0.5) is 5.95 Å². The summed E-state index contributed by atoms with van der Waals surface area (Å²) in [6.07, 6.45) is 3.50. The fourth-order valence-corrected chi connectivity index (χ4v) is 7.28. The van der Waals surface area contributed by atoms with Crippen molar-refractivity contribution >= 4 is 74.1 Å². The summed E-state index contributed by atoms with van der Waals surface area (Å²) in [5, 5.41) is 0. The van der Waals surface area contributed by atoms with Crippen LogP contribution >= 0.6 is 39.3 Å². The minimum absolute atomic E-state index is 0.0184. The largest absolute Gasteiger partial charge is 0.465 e. The van der Waals surface area contributed by atoms with E-state index in [-0.39, 0.29) is 56.9 Å². The van der Waals surface area contributed by atoms with Gasteiger partial charge in [-0.1, -0.05) is 12.2 Å². The molecule has 21 heteroatoms. The van der Waals surface area contributed by atoms with Crippen LogP contribution in [0.5, 0.6) is 0 Å². The Kier molecular flexibility index (Phi) is 8.53. The Labute approximate surface area is 249 Å². The molecule has 1 saturated heterocycles. The van der Waals surface area contributed by atoms with Crippen LogP contribution in [0.2, 0.25) is 0 Å². The van der Waals surface area contributed by atoms with Crippen molar-refractivity contribution in [3.63, 3.8) is 0 Å². The van der Waals surface area contributed by atoms with Gasteiger partial charge in [0.2, 0.25) is 5.95 Å². The van der Waals surface area contributed by atoms with Gasteiger partial charge in [-0.3, -0.25) is 28.2 Å². The number of rotatable bonds is 12. The number of hydrogen-bond donors (Lipinski definition) is 4. The zero-order valence-corrected chi connectivity index (χ0v) is 25.2. The van der Waals surface area contributed by atoms with Gasteiger partial charge in [0, 0.05) is 12.5 Å². The van der Waals surface area contributed by atoms with Gasteiger partial charge < -0.3 is 24.3 Å². The maximum absolute atomic E-state index is 13.5. The highest BCUT2D eigenvalue weighted by molar-refractivity contribution is 8.44. The molecule has 0 radical (unpaired) electrons. The van der Waals surface area contributed by atoms with Crippen molar-refractivity contribution in [3.05, 3.63) is 35.0 Å². The summed E-state index contributed by atoms with van der Waals surface area (Å²) >= 11 is 8.38. The molecule has 0 amide bonds. The molecule has 2 unspecified atom stereocenters. The smallest absolute Gasteiger partial charge is 0.386 e. The van der Waals surface area contributed by atoms with Crippen molar-refractivity contribution in [2.24, 2.45) is 0 Å². The predicted octanol–water partition coefficient (Wildman–Crippen LogP) is 2.10. The molecule has 5 heterocycles. The van der Waals surface area contributed by atoms with Crippen molar-refractivity contribution < 1.29 is 32.4 Å². The first kappa shape index (κ1) is 29.4. The van der Waals surface area contributed by atoms with Crippen LogP contribution in [0, 0.1) is 0 Å². The van der Waals surface area contributed by atoms with E-state index in [1.165, 1.54) is 17.2 Å². The quantitative estimate of drug-likeness (QED) is 0.0976. The number of nitrogens with two attached hydrogens (primary N) is 1. The number of aromatic amines is 1. The monoisotopic (exact) mass is 657 g/mol. The van der Waals surface area contributed by atoms with Crippen LogP contribution in [0.1, 0.15) is 37.4 Å². The molecule has 3 N–H and O–H groups in total. The van der Waals surface area contributed by atoms with E-state index in [0.29, 0.717) is 23.5 Å². The van der Waals surface area contributed by atoms with Crippen LogP contribution in [-0.4, -0.2) is 70.4 Å². The number of nitrogens with one attached hydrogen (secondary N) is 1. The number of thiol groups is 2. The average Bonchev–Trinajstić information content (AvgIpc) is 3.63. The molecule has 5 atom stereocenters. The lowest BCUT2D eigenvalue weighted by molar-refractivity contribution is -0.133. The number of H-pyrrole nitrogens is 1. The van der Waals surface area contributed by atoms with E-state index < -0.39 is 30.8 Å². The lowest BCUT2D eigenvalue weighted by Crippen LogP contribution is -2.32. The van der Waals surface area contributed by atoms with E-state index in [9.17, 15) is 14.2 Å². The molecular weight excluding hydrogens is 632 g/mol. The topological polar surface area (TPSA) is 213 Å². The normalized spacial score (nSPS) is 25.7. The van der Waals surface area contributed by atoms with Gasteiger partial charge in [0.25, 0.3) is 12.0 Å². The molecule has 224 valence electrons. The number of carbonyl (C=O) groups is 1. The van der Waals surface area contributed by atoms with Crippen molar-refractivity contribution in [2.75, 3.05) is 12.3 Å². The van der Waals surface area contributed by atoms with E-state index in [1.54, 1.807) is 6.20 Å². The molecule has 1 aliphatic heterocycles.